The number of aromatic nitrogens is 5. The third-order valence-corrected chi connectivity index (χ3v) is 5.78. The summed E-state index contributed by atoms with van der Waals surface area (Å²) in [5.41, 5.74) is 3.61. The molecule has 0 bridgehead atoms. The van der Waals surface area contributed by atoms with E-state index in [1.165, 1.54) is 0 Å². The van der Waals surface area contributed by atoms with E-state index in [0.717, 1.165) is 22.5 Å². The Morgan fingerprint density at radius 2 is 1.73 bits per heavy atom. The first-order chi connectivity index (χ1) is 18.1. The van der Waals surface area contributed by atoms with E-state index in [0.29, 0.717) is 34.2 Å². The van der Waals surface area contributed by atoms with E-state index >= 15 is 0 Å². The van der Waals surface area contributed by atoms with Crippen LogP contribution in [-0.2, 0) is 0 Å². The van der Waals surface area contributed by atoms with Crippen LogP contribution in [-0.4, -0.2) is 30.6 Å². The Morgan fingerprint density at radius 1 is 0.919 bits per heavy atom. The van der Waals surface area contributed by atoms with Crippen molar-refractivity contribution < 1.29 is 9.32 Å². The van der Waals surface area contributed by atoms with Crippen LogP contribution in [0.1, 0.15) is 16.2 Å². The third kappa shape index (κ3) is 4.65. The molecule has 2 N–H and O–H groups in total. The number of hydrogen-bond donors (Lipinski definition) is 2. The molecule has 0 aliphatic heterocycles. The molecule has 180 valence electrons. The van der Waals surface area contributed by atoms with Crippen LogP contribution < -0.4 is 10.6 Å². The minimum atomic E-state index is -0.223. The zero-order valence-electron chi connectivity index (χ0n) is 19.8. The predicted molar refractivity (Wildman–Crippen MR) is 141 cm³/mol. The zero-order chi connectivity index (χ0) is 25.2. The average molecular weight is 488 g/mol. The Labute approximate surface area is 211 Å². The quantitative estimate of drug-likeness (QED) is 0.307. The van der Waals surface area contributed by atoms with Gasteiger partial charge in [-0.3, -0.25) is 9.36 Å². The number of nitrogens with one attached hydrogen (secondary N) is 2. The first-order valence-electron chi connectivity index (χ1n) is 11.6. The number of aryl methyl sites for hydroxylation is 1. The molecule has 0 radical (unpaired) electrons. The van der Waals surface area contributed by atoms with Gasteiger partial charge in [0.05, 0.1) is 5.39 Å². The Bertz CT molecular complexity index is 1690. The first kappa shape index (κ1) is 22.2. The Balaban J connectivity index is 1.18. The zero-order valence-corrected chi connectivity index (χ0v) is 19.8. The van der Waals surface area contributed by atoms with E-state index in [2.05, 4.69) is 30.7 Å². The number of fused-ring (bicyclic) bond motifs is 1. The number of anilines is 3. The van der Waals surface area contributed by atoms with E-state index < -0.39 is 0 Å². The van der Waals surface area contributed by atoms with Crippen LogP contribution in [0, 0.1) is 6.92 Å². The van der Waals surface area contributed by atoms with Crippen LogP contribution >= 0.6 is 0 Å². The highest BCUT2D eigenvalue weighted by Crippen LogP contribution is 2.29. The summed E-state index contributed by atoms with van der Waals surface area (Å²) in [6.07, 6.45) is 5.21. The van der Waals surface area contributed by atoms with E-state index in [-0.39, 0.29) is 5.91 Å². The molecule has 6 aromatic rings. The van der Waals surface area contributed by atoms with Gasteiger partial charge in [-0.25, -0.2) is 15.0 Å². The van der Waals surface area contributed by atoms with Gasteiger partial charge in [0.2, 0.25) is 0 Å². The predicted octanol–water partition coefficient (Wildman–Crippen LogP) is 5.77. The van der Waals surface area contributed by atoms with Gasteiger partial charge in [0.1, 0.15) is 29.3 Å². The molecule has 1 amide bonds. The number of amides is 1. The van der Waals surface area contributed by atoms with Crippen LogP contribution in [0.4, 0.5) is 17.2 Å². The molecule has 9 heteroatoms. The summed E-state index contributed by atoms with van der Waals surface area (Å²) in [5.74, 6) is 2.43. The number of carbonyl (C=O) groups is 1. The fourth-order valence-corrected chi connectivity index (χ4v) is 4.01. The van der Waals surface area contributed by atoms with Crippen LogP contribution in [0.5, 0.6) is 0 Å². The maximum atomic E-state index is 13.0. The maximum Gasteiger partial charge on any atom is 0.255 e. The van der Waals surface area contributed by atoms with Gasteiger partial charge in [-0.15, -0.1) is 0 Å². The van der Waals surface area contributed by atoms with Crippen LogP contribution in [0.3, 0.4) is 0 Å². The van der Waals surface area contributed by atoms with Crippen molar-refractivity contribution in [3.05, 3.63) is 109 Å². The molecule has 0 spiro atoms. The molecule has 0 atom stereocenters. The SMILES string of the molecule is Cc1nc(Nc2ccc(NC(=O)c3ccc4noc(-c5ccccc5)c4c3)cc2)cc(-n2ccnc2)n1. The second-order valence-corrected chi connectivity index (χ2v) is 8.39. The van der Waals surface area contributed by atoms with Gasteiger partial charge in [0.25, 0.3) is 5.91 Å². The molecule has 0 unspecified atom stereocenters. The van der Waals surface area contributed by atoms with Crippen LogP contribution in [0.2, 0.25) is 0 Å². The first-order valence-corrected chi connectivity index (χ1v) is 11.6. The highest BCUT2D eigenvalue weighted by atomic mass is 16.5. The van der Waals surface area contributed by atoms with Gasteiger partial charge in [0, 0.05) is 41.0 Å². The summed E-state index contributed by atoms with van der Waals surface area (Å²) in [4.78, 5) is 26.0. The molecule has 0 aliphatic rings. The number of hydrogen-bond acceptors (Lipinski definition) is 7. The minimum Gasteiger partial charge on any atom is -0.355 e. The second-order valence-electron chi connectivity index (χ2n) is 8.39. The smallest absolute Gasteiger partial charge is 0.255 e. The fourth-order valence-electron chi connectivity index (χ4n) is 4.01. The van der Waals surface area contributed by atoms with Gasteiger partial charge in [-0.05, 0) is 49.4 Å². The van der Waals surface area contributed by atoms with Crippen molar-refractivity contribution >= 4 is 34.0 Å². The van der Waals surface area contributed by atoms with Gasteiger partial charge in [0.15, 0.2) is 5.76 Å². The van der Waals surface area contributed by atoms with Crippen LogP contribution in [0.15, 0.2) is 102 Å². The molecule has 0 saturated heterocycles. The molecule has 37 heavy (non-hydrogen) atoms. The number of carbonyl (C=O) groups excluding carboxylic acids is 1. The van der Waals surface area contributed by atoms with Crippen molar-refractivity contribution in [3.8, 4) is 17.1 Å². The summed E-state index contributed by atoms with van der Waals surface area (Å²) in [5, 5.41) is 11.1. The number of imidazole rings is 1. The Hall–Kier alpha value is -5.31. The second kappa shape index (κ2) is 9.38. The number of nitrogens with zero attached hydrogens (tertiary/aromatic N) is 5. The summed E-state index contributed by atoms with van der Waals surface area (Å²) in [6.45, 7) is 1.84. The van der Waals surface area contributed by atoms with Gasteiger partial charge >= 0.3 is 0 Å². The van der Waals surface area contributed by atoms with Crippen molar-refractivity contribution in [1.29, 1.82) is 0 Å². The van der Waals surface area contributed by atoms with E-state index in [9.17, 15) is 4.79 Å². The lowest BCUT2D eigenvalue weighted by Gasteiger charge is -2.10. The minimum absolute atomic E-state index is 0.223. The lowest BCUT2D eigenvalue weighted by Crippen LogP contribution is -2.11. The summed E-state index contributed by atoms with van der Waals surface area (Å²) in [6, 6.07) is 24.3. The van der Waals surface area contributed by atoms with E-state index in [4.69, 9.17) is 4.52 Å². The monoisotopic (exact) mass is 487 g/mol. The van der Waals surface area contributed by atoms with E-state index in [1.54, 1.807) is 30.7 Å². The average Bonchev–Trinajstić information content (AvgIpc) is 3.60. The molecule has 6 rings (SSSR count). The number of rotatable bonds is 6. The molecular formula is C28H21N7O2. The fraction of sp³-hybridized carbons (Fsp3) is 0.0357. The summed E-state index contributed by atoms with van der Waals surface area (Å²) in [7, 11) is 0. The number of benzene rings is 3. The summed E-state index contributed by atoms with van der Waals surface area (Å²) < 4.78 is 7.37. The van der Waals surface area contributed by atoms with Crippen molar-refractivity contribution in [2.45, 2.75) is 6.92 Å². The van der Waals surface area contributed by atoms with E-state index in [1.807, 2.05) is 78.4 Å². The Kier molecular flexibility index (Phi) is 5.62. The van der Waals surface area contributed by atoms with Crippen molar-refractivity contribution in [3.63, 3.8) is 0 Å². The Morgan fingerprint density at radius 3 is 2.51 bits per heavy atom. The normalized spacial score (nSPS) is 10.9. The molecule has 9 nitrogen and oxygen atoms in total. The highest BCUT2D eigenvalue weighted by Gasteiger charge is 2.14. The standard InChI is InChI=1S/C28H21N7O2/c1-18-30-25(16-26(31-18)35-14-13-29-17-35)32-21-8-10-22(11-9-21)33-28(36)20-7-12-24-23(15-20)27(37-34-24)19-5-3-2-4-6-19/h2-17H,1H3,(H,33,36)(H,30,31,32). The highest BCUT2D eigenvalue weighted by molar-refractivity contribution is 6.07. The third-order valence-electron chi connectivity index (χ3n) is 5.78. The molecule has 0 fully saturated rings. The summed E-state index contributed by atoms with van der Waals surface area (Å²) >= 11 is 0. The van der Waals surface area contributed by atoms with Gasteiger partial charge in [-0.1, -0.05) is 35.5 Å². The van der Waals surface area contributed by atoms with Crippen LogP contribution in [0.25, 0.3) is 28.0 Å². The van der Waals surface area contributed by atoms with Gasteiger partial charge < -0.3 is 15.2 Å². The topological polar surface area (TPSA) is 111 Å². The van der Waals surface area contributed by atoms with Gasteiger partial charge in [-0.2, -0.15) is 0 Å². The van der Waals surface area contributed by atoms with Crippen molar-refractivity contribution in [2.75, 3.05) is 10.6 Å². The largest absolute Gasteiger partial charge is 0.355 e. The van der Waals surface area contributed by atoms with Crippen molar-refractivity contribution in [2.24, 2.45) is 0 Å². The molecular weight excluding hydrogens is 466 g/mol. The lowest BCUT2D eigenvalue weighted by atomic mass is 10.1. The lowest BCUT2D eigenvalue weighted by molar-refractivity contribution is 0.102. The molecule has 3 aromatic heterocycles. The molecule has 0 aliphatic carbocycles. The molecule has 3 heterocycles. The molecule has 0 saturated carbocycles. The van der Waals surface area contributed by atoms with Crippen molar-refractivity contribution in [1.82, 2.24) is 24.7 Å². The maximum absolute atomic E-state index is 13.0. The molecule has 3 aromatic carbocycles.